The zero-order valence-electron chi connectivity index (χ0n) is 19.7. The van der Waals surface area contributed by atoms with E-state index in [-0.39, 0.29) is 0 Å². The fraction of sp³-hybridized carbons (Fsp3) is 0.269. The molecular formula is C26H28BN7. The maximum Gasteiger partial charge on any atom is 0.142 e. The molecule has 8 heteroatoms. The first-order valence-electron chi connectivity index (χ1n) is 11.6. The molecular weight excluding hydrogens is 421 g/mol. The fourth-order valence-corrected chi connectivity index (χ4v) is 4.40. The third-order valence-corrected chi connectivity index (χ3v) is 6.42. The lowest BCUT2D eigenvalue weighted by atomic mass is 9.94. The van der Waals surface area contributed by atoms with Gasteiger partial charge in [-0.2, -0.15) is 5.10 Å². The minimum Gasteiger partial charge on any atom is -0.354 e. The molecule has 1 aliphatic rings. The van der Waals surface area contributed by atoms with Gasteiger partial charge in [-0.1, -0.05) is 25.6 Å². The van der Waals surface area contributed by atoms with Crippen molar-refractivity contribution in [2.45, 2.75) is 6.92 Å². The number of hydrogen-bond acceptors (Lipinski definition) is 6. The Morgan fingerprint density at radius 2 is 1.91 bits per heavy atom. The lowest BCUT2D eigenvalue weighted by Crippen LogP contribution is -2.46. The fourth-order valence-electron chi connectivity index (χ4n) is 4.40. The molecule has 0 bridgehead atoms. The van der Waals surface area contributed by atoms with Gasteiger partial charge in [-0.05, 0) is 52.7 Å². The zero-order valence-corrected chi connectivity index (χ0v) is 19.7. The summed E-state index contributed by atoms with van der Waals surface area (Å²) in [6, 6.07) is 12.2. The summed E-state index contributed by atoms with van der Waals surface area (Å²) in [5.74, 6) is 1.64. The van der Waals surface area contributed by atoms with E-state index in [0.717, 1.165) is 71.7 Å². The lowest BCUT2D eigenvalue weighted by molar-refractivity contribution is 0.270. The summed E-state index contributed by atoms with van der Waals surface area (Å²) in [7, 11) is 8.20. The smallest absolute Gasteiger partial charge is 0.142 e. The Kier molecular flexibility index (Phi) is 6.07. The molecule has 1 fully saturated rings. The van der Waals surface area contributed by atoms with Crippen LogP contribution in [0, 0.1) is 0 Å². The Morgan fingerprint density at radius 1 is 1.09 bits per heavy atom. The number of aryl methyl sites for hydroxylation is 1. The molecule has 0 amide bonds. The molecule has 1 saturated heterocycles. The van der Waals surface area contributed by atoms with E-state index in [0.29, 0.717) is 11.4 Å². The van der Waals surface area contributed by atoms with Gasteiger partial charge >= 0.3 is 0 Å². The van der Waals surface area contributed by atoms with Crippen molar-refractivity contribution in [3.63, 3.8) is 0 Å². The second-order valence-corrected chi connectivity index (χ2v) is 8.66. The molecule has 0 atom stereocenters. The van der Waals surface area contributed by atoms with Crippen LogP contribution in [0.4, 0.5) is 11.6 Å². The summed E-state index contributed by atoms with van der Waals surface area (Å²) in [5.41, 5.74) is 4.36. The van der Waals surface area contributed by atoms with Crippen LogP contribution in [0.3, 0.4) is 0 Å². The van der Waals surface area contributed by atoms with Crippen LogP contribution in [-0.4, -0.2) is 65.2 Å². The first kappa shape index (κ1) is 22.2. The van der Waals surface area contributed by atoms with Crippen LogP contribution in [0.1, 0.15) is 12.5 Å². The summed E-state index contributed by atoms with van der Waals surface area (Å²) < 4.78 is 1.80. The van der Waals surface area contributed by atoms with Crippen LogP contribution in [0.25, 0.3) is 27.6 Å². The zero-order chi connectivity index (χ0) is 23.7. The molecule has 4 aromatic rings. The second kappa shape index (κ2) is 9.31. The van der Waals surface area contributed by atoms with Gasteiger partial charge in [-0.3, -0.25) is 4.68 Å². The first-order chi connectivity index (χ1) is 16.5. The van der Waals surface area contributed by atoms with Crippen LogP contribution >= 0.6 is 0 Å². The number of fused-ring (bicyclic) bond motifs is 1. The molecule has 1 N–H and O–H groups in total. The van der Waals surface area contributed by atoms with Crippen LogP contribution in [0.15, 0.2) is 61.6 Å². The molecule has 1 aromatic carbocycles. The first-order valence-corrected chi connectivity index (χ1v) is 11.6. The molecule has 0 saturated carbocycles. The molecule has 5 rings (SSSR count). The molecule has 4 heterocycles. The van der Waals surface area contributed by atoms with E-state index in [4.69, 9.17) is 7.85 Å². The molecule has 2 radical (unpaired) electrons. The summed E-state index contributed by atoms with van der Waals surface area (Å²) >= 11 is 0. The number of anilines is 2. The van der Waals surface area contributed by atoms with Crippen LogP contribution in [0.5, 0.6) is 0 Å². The van der Waals surface area contributed by atoms with E-state index in [1.807, 2.05) is 49.9 Å². The van der Waals surface area contributed by atoms with Gasteiger partial charge in [0.15, 0.2) is 0 Å². The second-order valence-electron chi connectivity index (χ2n) is 8.66. The predicted octanol–water partition coefficient (Wildman–Crippen LogP) is 3.05. The van der Waals surface area contributed by atoms with Gasteiger partial charge in [-0.25, -0.2) is 9.97 Å². The minimum absolute atomic E-state index is 0.481. The number of nitrogens with zero attached hydrogens (tertiary/aromatic N) is 6. The van der Waals surface area contributed by atoms with E-state index in [1.165, 1.54) is 0 Å². The molecule has 0 spiro atoms. The van der Waals surface area contributed by atoms with Crippen LogP contribution < -0.4 is 15.8 Å². The van der Waals surface area contributed by atoms with Crippen LogP contribution in [0.2, 0.25) is 0 Å². The number of likely N-dealkylation sites (N-methyl/N-ethyl adjacent to an activating group) is 1. The highest BCUT2D eigenvalue weighted by Crippen LogP contribution is 2.26. The number of piperazine rings is 1. The van der Waals surface area contributed by atoms with E-state index in [9.17, 15) is 0 Å². The molecule has 0 unspecified atom stereocenters. The Labute approximate surface area is 201 Å². The Bertz CT molecular complexity index is 1340. The highest BCUT2D eigenvalue weighted by atomic mass is 15.3. The van der Waals surface area contributed by atoms with E-state index >= 15 is 0 Å². The van der Waals surface area contributed by atoms with E-state index < -0.39 is 0 Å². The molecule has 0 aliphatic carbocycles. The minimum atomic E-state index is 0.481. The standard InChI is InChI=1S/C26H28BN7/c1-4-33-9-11-34(12-10-33)25-15-19(7-8-28-25)18(2)30-24-14-21-13-20(22-16-29-32(3)17-22)5-6-23(21)26(27)31-24/h5-8,13-17H,2,4,9-12H2,1,3H3,(H,30,31). The lowest BCUT2D eigenvalue weighted by Gasteiger charge is -2.34. The maximum absolute atomic E-state index is 6.29. The molecule has 1 aliphatic heterocycles. The molecule has 170 valence electrons. The monoisotopic (exact) mass is 449 g/mol. The molecule has 7 nitrogen and oxygen atoms in total. The predicted molar refractivity (Wildman–Crippen MR) is 141 cm³/mol. The largest absolute Gasteiger partial charge is 0.354 e. The highest BCUT2D eigenvalue weighted by Gasteiger charge is 2.17. The summed E-state index contributed by atoms with van der Waals surface area (Å²) in [4.78, 5) is 13.9. The van der Waals surface area contributed by atoms with Gasteiger partial charge in [0.05, 0.1) is 6.20 Å². The maximum atomic E-state index is 6.29. The average molecular weight is 449 g/mol. The van der Waals surface area contributed by atoms with Gasteiger partial charge in [0.25, 0.3) is 0 Å². The Morgan fingerprint density at radius 3 is 2.65 bits per heavy atom. The summed E-state index contributed by atoms with van der Waals surface area (Å²) in [6.45, 7) is 11.6. The number of hydrogen-bond donors (Lipinski definition) is 1. The summed E-state index contributed by atoms with van der Waals surface area (Å²) in [5, 5.41) is 9.54. The average Bonchev–Trinajstić information content (AvgIpc) is 3.30. The van der Waals surface area contributed by atoms with E-state index in [2.05, 4.69) is 55.8 Å². The van der Waals surface area contributed by atoms with Crippen molar-refractivity contribution in [1.29, 1.82) is 0 Å². The quantitative estimate of drug-likeness (QED) is 0.457. The van der Waals surface area contributed by atoms with Crippen molar-refractivity contribution in [2.24, 2.45) is 7.05 Å². The number of benzene rings is 1. The van der Waals surface area contributed by atoms with Crippen molar-refractivity contribution >= 4 is 41.5 Å². The van der Waals surface area contributed by atoms with Crippen molar-refractivity contribution in [2.75, 3.05) is 42.9 Å². The Hall–Kier alpha value is -3.65. The van der Waals surface area contributed by atoms with Crippen LogP contribution in [-0.2, 0) is 7.05 Å². The van der Waals surface area contributed by atoms with Crippen molar-refractivity contribution in [3.05, 3.63) is 67.1 Å². The highest BCUT2D eigenvalue weighted by molar-refractivity contribution is 6.37. The Balaban J connectivity index is 1.37. The van der Waals surface area contributed by atoms with Gasteiger partial charge in [0.2, 0.25) is 0 Å². The normalized spacial score (nSPS) is 14.5. The van der Waals surface area contributed by atoms with E-state index in [1.54, 1.807) is 4.68 Å². The van der Waals surface area contributed by atoms with Gasteiger partial charge in [0, 0.05) is 62.4 Å². The SMILES string of the molecule is [B]c1nc(NC(=C)c2ccnc(N3CCN(CC)CC3)c2)cc2cc(-c3cnn(C)c3)ccc12. The third kappa shape index (κ3) is 4.54. The number of aromatic nitrogens is 4. The summed E-state index contributed by atoms with van der Waals surface area (Å²) in [6.07, 6.45) is 5.69. The topological polar surface area (TPSA) is 62.1 Å². The number of rotatable bonds is 6. The number of nitrogens with one attached hydrogen (secondary N) is 1. The van der Waals surface area contributed by atoms with Gasteiger partial charge < -0.3 is 15.1 Å². The number of pyridine rings is 2. The van der Waals surface area contributed by atoms with Gasteiger partial charge in [0.1, 0.15) is 19.5 Å². The molecule has 34 heavy (non-hydrogen) atoms. The van der Waals surface area contributed by atoms with Crippen molar-refractivity contribution in [3.8, 4) is 11.1 Å². The van der Waals surface area contributed by atoms with Crippen molar-refractivity contribution in [1.82, 2.24) is 24.6 Å². The van der Waals surface area contributed by atoms with Crippen molar-refractivity contribution < 1.29 is 0 Å². The van der Waals surface area contributed by atoms with Gasteiger partial charge in [-0.15, -0.1) is 0 Å². The molecule has 3 aromatic heterocycles. The third-order valence-electron chi connectivity index (χ3n) is 6.42.